The summed E-state index contributed by atoms with van der Waals surface area (Å²) in [5.41, 5.74) is -0.918. The molecule has 1 aliphatic heterocycles. The number of aliphatic hydroxyl groups excluding tert-OH is 1. The highest BCUT2D eigenvalue weighted by Gasteiger charge is 2.52. The largest absolute Gasteiger partial charge is 0.457 e. The van der Waals surface area contributed by atoms with Crippen LogP contribution in [0.4, 0.5) is 0 Å². The monoisotopic (exact) mass is 184 g/mol. The summed E-state index contributed by atoms with van der Waals surface area (Å²) in [7, 11) is 0. The molecule has 13 heavy (non-hydrogen) atoms. The van der Waals surface area contributed by atoms with Crippen LogP contribution in [0, 0.1) is 0 Å². The standard InChI is InChI=1S/C9H12O4/c1-2-12-9-4-3-6(10)7(5-9)13-8(9)11/h3-4,6-7,10H,2,5H2,1H3/t6-,7-,9+/m1/s1. The zero-order chi connectivity index (χ0) is 9.47. The molecule has 3 atom stereocenters. The smallest absolute Gasteiger partial charge is 0.343 e. The van der Waals surface area contributed by atoms with E-state index in [0.717, 1.165) is 0 Å². The maximum Gasteiger partial charge on any atom is 0.343 e. The van der Waals surface area contributed by atoms with Crippen LogP contribution in [-0.2, 0) is 14.3 Å². The molecule has 0 aromatic heterocycles. The summed E-state index contributed by atoms with van der Waals surface area (Å²) in [5, 5.41) is 9.38. The van der Waals surface area contributed by atoms with Crippen LogP contribution in [0.3, 0.4) is 0 Å². The Bertz CT molecular complexity index is 260. The second-order valence-electron chi connectivity index (χ2n) is 3.32. The molecule has 1 aliphatic carbocycles. The van der Waals surface area contributed by atoms with Crippen LogP contribution in [0.1, 0.15) is 13.3 Å². The molecule has 0 spiro atoms. The minimum absolute atomic E-state index is 0.382. The molecular weight excluding hydrogens is 172 g/mol. The first kappa shape index (κ1) is 8.72. The summed E-state index contributed by atoms with van der Waals surface area (Å²) in [4.78, 5) is 11.4. The van der Waals surface area contributed by atoms with Crippen molar-refractivity contribution < 1.29 is 19.4 Å². The van der Waals surface area contributed by atoms with Gasteiger partial charge in [-0.3, -0.25) is 0 Å². The number of aliphatic hydroxyl groups is 1. The number of carbonyl (C=O) groups excluding carboxylic acids is 1. The molecule has 0 saturated carbocycles. The third-order valence-corrected chi connectivity index (χ3v) is 2.45. The number of hydrogen-bond donors (Lipinski definition) is 1. The van der Waals surface area contributed by atoms with Crippen molar-refractivity contribution in [1.82, 2.24) is 0 Å². The minimum atomic E-state index is -0.918. The highest BCUT2D eigenvalue weighted by molar-refractivity contribution is 5.85. The number of esters is 1. The molecule has 4 heteroatoms. The summed E-state index contributed by atoms with van der Waals surface area (Å²) >= 11 is 0. The van der Waals surface area contributed by atoms with Gasteiger partial charge in [0.15, 0.2) is 5.60 Å². The molecule has 0 aromatic rings. The van der Waals surface area contributed by atoms with Crippen molar-refractivity contribution in [3.05, 3.63) is 12.2 Å². The van der Waals surface area contributed by atoms with Crippen LogP contribution in [0.2, 0.25) is 0 Å². The molecule has 2 rings (SSSR count). The first-order valence-corrected chi connectivity index (χ1v) is 4.40. The van der Waals surface area contributed by atoms with Gasteiger partial charge >= 0.3 is 5.97 Å². The first-order valence-electron chi connectivity index (χ1n) is 4.40. The van der Waals surface area contributed by atoms with Crippen molar-refractivity contribution in [2.45, 2.75) is 31.2 Å². The van der Waals surface area contributed by atoms with Gasteiger partial charge in [0.25, 0.3) is 0 Å². The fourth-order valence-corrected chi connectivity index (χ4v) is 1.79. The molecule has 1 saturated heterocycles. The Morgan fingerprint density at radius 3 is 3.31 bits per heavy atom. The maximum absolute atomic E-state index is 11.4. The zero-order valence-electron chi connectivity index (χ0n) is 7.40. The Morgan fingerprint density at radius 1 is 1.85 bits per heavy atom. The minimum Gasteiger partial charge on any atom is -0.457 e. The van der Waals surface area contributed by atoms with Gasteiger partial charge in [0.2, 0.25) is 0 Å². The van der Waals surface area contributed by atoms with E-state index in [9.17, 15) is 9.90 Å². The van der Waals surface area contributed by atoms with Crippen molar-refractivity contribution >= 4 is 5.97 Å². The highest BCUT2D eigenvalue weighted by atomic mass is 16.6. The number of rotatable bonds is 2. The number of carbonyl (C=O) groups is 1. The quantitative estimate of drug-likeness (QED) is 0.485. The van der Waals surface area contributed by atoms with Crippen molar-refractivity contribution in [2.75, 3.05) is 6.61 Å². The van der Waals surface area contributed by atoms with Crippen LogP contribution >= 0.6 is 0 Å². The predicted octanol–water partition coefficient (Wildman–Crippen LogP) is 0.00790. The van der Waals surface area contributed by atoms with E-state index in [0.29, 0.717) is 13.0 Å². The fraction of sp³-hybridized carbons (Fsp3) is 0.667. The molecule has 72 valence electrons. The SMILES string of the molecule is CCO[C@@]12C=C[C@@H](O)[C@@H](C1)OC2=O. The summed E-state index contributed by atoms with van der Waals surface area (Å²) in [6.45, 7) is 2.29. The van der Waals surface area contributed by atoms with Gasteiger partial charge in [0.1, 0.15) is 12.2 Å². The number of hydrogen-bond acceptors (Lipinski definition) is 4. The lowest BCUT2D eigenvalue weighted by Crippen LogP contribution is -2.38. The lowest BCUT2D eigenvalue weighted by atomic mass is 9.91. The van der Waals surface area contributed by atoms with E-state index < -0.39 is 17.8 Å². The normalized spacial score (nSPS) is 42.2. The molecular formula is C9H12O4. The fourth-order valence-electron chi connectivity index (χ4n) is 1.79. The Labute approximate surface area is 76.1 Å². The van der Waals surface area contributed by atoms with Crippen molar-refractivity contribution in [2.24, 2.45) is 0 Å². The van der Waals surface area contributed by atoms with E-state index >= 15 is 0 Å². The van der Waals surface area contributed by atoms with Gasteiger partial charge in [-0.25, -0.2) is 4.79 Å². The topological polar surface area (TPSA) is 55.8 Å². The Balaban J connectivity index is 2.27. The molecule has 1 N–H and O–H groups in total. The molecule has 2 bridgehead atoms. The molecule has 2 aliphatic rings. The second kappa shape index (κ2) is 2.82. The predicted molar refractivity (Wildman–Crippen MR) is 44.0 cm³/mol. The molecule has 0 unspecified atom stereocenters. The van der Waals surface area contributed by atoms with Crippen molar-refractivity contribution in [3.8, 4) is 0 Å². The van der Waals surface area contributed by atoms with Gasteiger partial charge in [-0.15, -0.1) is 0 Å². The van der Waals surface area contributed by atoms with Gasteiger partial charge < -0.3 is 14.6 Å². The Kier molecular flexibility index (Phi) is 1.89. The van der Waals surface area contributed by atoms with E-state index in [1.807, 2.05) is 6.92 Å². The summed E-state index contributed by atoms with van der Waals surface area (Å²) < 4.78 is 10.3. The average Bonchev–Trinajstić information content (AvgIpc) is 2.36. The first-order chi connectivity index (χ1) is 6.18. The van der Waals surface area contributed by atoms with Crippen LogP contribution in [0.25, 0.3) is 0 Å². The number of fused-ring (bicyclic) bond motifs is 2. The van der Waals surface area contributed by atoms with Crippen molar-refractivity contribution in [3.63, 3.8) is 0 Å². The summed E-state index contributed by atoms with van der Waals surface area (Å²) in [5.74, 6) is -0.382. The van der Waals surface area contributed by atoms with Crippen molar-refractivity contribution in [1.29, 1.82) is 0 Å². The van der Waals surface area contributed by atoms with E-state index in [4.69, 9.17) is 9.47 Å². The van der Waals surface area contributed by atoms with Crippen LogP contribution in [0.15, 0.2) is 12.2 Å². The average molecular weight is 184 g/mol. The lowest BCUT2D eigenvalue weighted by molar-refractivity contribution is -0.155. The van der Waals surface area contributed by atoms with Gasteiger partial charge in [-0.05, 0) is 13.0 Å². The third-order valence-electron chi connectivity index (χ3n) is 2.45. The molecule has 4 nitrogen and oxygen atoms in total. The molecule has 0 amide bonds. The van der Waals surface area contributed by atoms with E-state index in [-0.39, 0.29) is 5.97 Å². The molecule has 0 radical (unpaired) electrons. The van der Waals surface area contributed by atoms with E-state index in [1.54, 1.807) is 12.2 Å². The van der Waals surface area contributed by atoms with Gasteiger partial charge in [-0.2, -0.15) is 0 Å². The molecule has 1 heterocycles. The van der Waals surface area contributed by atoms with Crippen LogP contribution < -0.4 is 0 Å². The van der Waals surface area contributed by atoms with Crippen LogP contribution in [0.5, 0.6) is 0 Å². The van der Waals surface area contributed by atoms with Gasteiger partial charge in [-0.1, -0.05) is 6.08 Å². The second-order valence-corrected chi connectivity index (χ2v) is 3.32. The zero-order valence-corrected chi connectivity index (χ0v) is 7.40. The van der Waals surface area contributed by atoms with Crippen LogP contribution in [-0.4, -0.2) is 35.5 Å². The number of ether oxygens (including phenoxy) is 2. The van der Waals surface area contributed by atoms with E-state index in [2.05, 4.69) is 0 Å². The van der Waals surface area contributed by atoms with Gasteiger partial charge in [0, 0.05) is 13.0 Å². The highest BCUT2D eigenvalue weighted by Crippen LogP contribution is 2.36. The maximum atomic E-state index is 11.4. The summed E-state index contributed by atoms with van der Waals surface area (Å²) in [6.07, 6.45) is 2.49. The third kappa shape index (κ3) is 1.17. The van der Waals surface area contributed by atoms with Gasteiger partial charge in [0.05, 0.1) is 0 Å². The lowest BCUT2D eigenvalue weighted by Gasteiger charge is -2.24. The molecule has 1 fully saturated rings. The summed E-state index contributed by atoms with van der Waals surface area (Å²) in [6, 6.07) is 0. The molecule has 0 aromatic carbocycles. The Hall–Kier alpha value is -0.870. The van der Waals surface area contributed by atoms with E-state index in [1.165, 1.54) is 0 Å². The Morgan fingerprint density at radius 2 is 2.62 bits per heavy atom.